The minimum Gasteiger partial charge on any atom is -0.481 e. The van der Waals surface area contributed by atoms with Crippen LogP contribution in [-0.2, 0) is 4.79 Å². The number of carbonyl (C=O) groups is 1. The number of carboxylic acid groups (broad SMARTS) is 1. The molecule has 8 heteroatoms. The Morgan fingerprint density at radius 3 is 1.64 bits per heavy atom. The maximum absolute atomic E-state index is 9.73. The van der Waals surface area contributed by atoms with Gasteiger partial charge in [-0.25, -0.2) is 0 Å². The Labute approximate surface area is 109 Å². The van der Waals surface area contributed by atoms with E-state index in [1.807, 2.05) is 0 Å². The van der Waals surface area contributed by atoms with Crippen molar-refractivity contribution in [3.8, 4) is 0 Å². The van der Waals surface area contributed by atoms with Crippen LogP contribution in [0, 0.1) is 0 Å². The van der Waals surface area contributed by atoms with Crippen molar-refractivity contribution in [1.29, 1.82) is 0 Å². The van der Waals surface area contributed by atoms with Crippen molar-refractivity contribution in [2.24, 2.45) is 0 Å². The number of carboxylic acids is 1. The van der Waals surface area contributed by atoms with Crippen LogP contribution in [0.25, 0.3) is 0 Å². The van der Waals surface area contributed by atoms with E-state index in [9.17, 15) is 4.79 Å². The van der Waals surface area contributed by atoms with Gasteiger partial charge in [0.05, 0.1) is 0 Å². The minimum atomic E-state index is -4.10. The van der Waals surface area contributed by atoms with Crippen LogP contribution in [-0.4, -0.2) is 93.4 Å². The summed E-state index contributed by atoms with van der Waals surface area (Å²) in [5.41, 5.74) is 0. The second kappa shape index (κ2) is 8.18. The molecule has 0 bridgehead atoms. The number of hydrogen-bond donors (Lipinski definition) is 4. The summed E-state index contributed by atoms with van der Waals surface area (Å²) in [5, 5.41) is 7.97. The zero-order chi connectivity index (χ0) is 7.49. The number of aliphatic carboxylic acids is 1. The molecular formula is C3H8Na2O5Si. The molecule has 0 saturated heterocycles. The van der Waals surface area contributed by atoms with Crippen LogP contribution in [0.15, 0.2) is 0 Å². The Morgan fingerprint density at radius 2 is 1.55 bits per heavy atom. The fourth-order valence-corrected chi connectivity index (χ4v) is 0.824. The van der Waals surface area contributed by atoms with Crippen molar-refractivity contribution in [3.05, 3.63) is 0 Å². The first kappa shape index (κ1) is 18.4. The largest absolute Gasteiger partial charge is 0.493 e. The molecule has 0 heterocycles. The van der Waals surface area contributed by atoms with Crippen molar-refractivity contribution >= 4 is 73.9 Å². The third-order valence-corrected chi connectivity index (χ3v) is 1.60. The molecule has 0 rings (SSSR count). The summed E-state index contributed by atoms with van der Waals surface area (Å²) in [6, 6.07) is -0.442. The van der Waals surface area contributed by atoms with Crippen LogP contribution in [0.4, 0.5) is 0 Å². The summed E-state index contributed by atoms with van der Waals surface area (Å²) < 4.78 is 0. The van der Waals surface area contributed by atoms with Gasteiger partial charge in [0.2, 0.25) is 0 Å². The first-order chi connectivity index (χ1) is 3.92. The third kappa shape index (κ3) is 18.5. The van der Waals surface area contributed by atoms with Gasteiger partial charge >= 0.3 is 14.8 Å². The molecule has 56 valence electrons. The molecule has 0 aliphatic carbocycles. The van der Waals surface area contributed by atoms with Gasteiger partial charge in [0.1, 0.15) is 0 Å². The Kier molecular flexibility index (Phi) is 13.7. The van der Waals surface area contributed by atoms with E-state index >= 15 is 0 Å². The second-order valence-electron chi connectivity index (χ2n) is 1.67. The fourth-order valence-electron chi connectivity index (χ4n) is 0.275. The topological polar surface area (TPSA) is 98.0 Å². The molecule has 0 unspecified atom stereocenters. The van der Waals surface area contributed by atoms with Gasteiger partial charge in [-0.2, -0.15) is 0 Å². The maximum Gasteiger partial charge on any atom is 0.493 e. The van der Waals surface area contributed by atoms with Gasteiger partial charge in [-0.05, 0) is 0 Å². The molecule has 0 aliphatic heterocycles. The van der Waals surface area contributed by atoms with Gasteiger partial charge in [-0.3, -0.25) is 4.79 Å². The van der Waals surface area contributed by atoms with Gasteiger partial charge in [-0.15, -0.1) is 0 Å². The van der Waals surface area contributed by atoms with Crippen molar-refractivity contribution in [2.45, 2.75) is 12.5 Å². The van der Waals surface area contributed by atoms with E-state index in [1.54, 1.807) is 0 Å². The van der Waals surface area contributed by atoms with E-state index in [1.165, 1.54) is 0 Å². The Balaban J connectivity index is -0.000000320. The molecule has 0 aromatic carbocycles. The minimum absolute atomic E-state index is 0. The standard InChI is InChI=1S/C3H8O5Si.2Na/c4-3(5)1-2-9(6,7)8;;/h6-8H,1-2H2,(H,4,5);;. The molecule has 5 nitrogen and oxygen atoms in total. The predicted molar refractivity (Wildman–Crippen MR) is 41.0 cm³/mol. The predicted octanol–water partition coefficient (Wildman–Crippen LogP) is -2.38. The number of hydrogen-bond acceptors (Lipinski definition) is 4. The smallest absolute Gasteiger partial charge is 0.481 e. The molecular weight excluding hydrogens is 190 g/mol. The van der Waals surface area contributed by atoms with Crippen LogP contribution in [0.2, 0.25) is 6.04 Å². The summed E-state index contributed by atoms with van der Waals surface area (Å²) in [5.74, 6) is -1.15. The molecule has 0 atom stereocenters. The molecule has 0 fully saturated rings. The van der Waals surface area contributed by atoms with E-state index in [0.717, 1.165) is 0 Å². The molecule has 0 amide bonds. The molecule has 4 N–H and O–H groups in total. The summed E-state index contributed by atoms with van der Waals surface area (Å²) in [6.45, 7) is 0. The van der Waals surface area contributed by atoms with Gasteiger partial charge < -0.3 is 19.5 Å². The molecule has 11 heavy (non-hydrogen) atoms. The average Bonchev–Trinajstić information content (AvgIpc) is 1.59. The van der Waals surface area contributed by atoms with Crippen molar-refractivity contribution in [3.63, 3.8) is 0 Å². The zero-order valence-electron chi connectivity index (χ0n) is 6.61. The average molecular weight is 198 g/mol. The van der Waals surface area contributed by atoms with E-state index in [0.29, 0.717) is 0 Å². The Bertz CT molecular complexity index is 113. The first-order valence-electron chi connectivity index (χ1n) is 2.31. The Hall–Kier alpha value is 1.57. The number of rotatable bonds is 3. The monoisotopic (exact) mass is 198 g/mol. The Morgan fingerprint density at radius 1 is 1.18 bits per heavy atom. The van der Waals surface area contributed by atoms with E-state index < -0.39 is 27.2 Å². The van der Waals surface area contributed by atoms with Crippen molar-refractivity contribution < 1.29 is 24.3 Å². The molecule has 2 radical (unpaired) electrons. The summed E-state index contributed by atoms with van der Waals surface area (Å²) in [7, 11) is -4.10. The molecule has 0 saturated carbocycles. The fraction of sp³-hybridized carbons (Fsp3) is 0.667. The van der Waals surface area contributed by atoms with Gasteiger partial charge in [0, 0.05) is 71.6 Å². The summed E-state index contributed by atoms with van der Waals surface area (Å²) in [4.78, 5) is 34.5. The molecule has 0 aromatic rings. The zero-order valence-corrected chi connectivity index (χ0v) is 11.6. The van der Waals surface area contributed by atoms with Gasteiger partial charge in [0.15, 0.2) is 0 Å². The van der Waals surface area contributed by atoms with Crippen LogP contribution < -0.4 is 0 Å². The van der Waals surface area contributed by atoms with Gasteiger partial charge in [-0.1, -0.05) is 0 Å². The van der Waals surface area contributed by atoms with Crippen LogP contribution >= 0.6 is 0 Å². The van der Waals surface area contributed by atoms with E-state index in [2.05, 4.69) is 0 Å². The molecule has 0 spiro atoms. The van der Waals surface area contributed by atoms with Crippen LogP contribution in [0.3, 0.4) is 0 Å². The van der Waals surface area contributed by atoms with Crippen LogP contribution in [0.5, 0.6) is 0 Å². The molecule has 0 aromatic heterocycles. The van der Waals surface area contributed by atoms with E-state index in [4.69, 9.17) is 19.5 Å². The van der Waals surface area contributed by atoms with E-state index in [-0.39, 0.29) is 59.1 Å². The summed E-state index contributed by atoms with van der Waals surface area (Å²) >= 11 is 0. The summed E-state index contributed by atoms with van der Waals surface area (Å²) in [6.07, 6.45) is -0.407. The van der Waals surface area contributed by atoms with Crippen LogP contribution in [0.1, 0.15) is 6.42 Å². The SMILES string of the molecule is O=C(O)CC[Si](O)(O)O.[Na].[Na]. The van der Waals surface area contributed by atoms with Gasteiger partial charge in [0.25, 0.3) is 0 Å². The maximum atomic E-state index is 9.73. The van der Waals surface area contributed by atoms with Crippen molar-refractivity contribution in [1.82, 2.24) is 0 Å². The quantitative estimate of drug-likeness (QED) is 0.379. The molecule has 0 aliphatic rings. The normalized spacial score (nSPS) is 9.36. The first-order valence-corrected chi connectivity index (χ1v) is 4.35. The third-order valence-electron chi connectivity index (χ3n) is 0.674. The van der Waals surface area contributed by atoms with Crippen molar-refractivity contribution in [2.75, 3.05) is 0 Å². The second-order valence-corrected chi connectivity index (χ2v) is 3.72.